The summed E-state index contributed by atoms with van der Waals surface area (Å²) in [4.78, 5) is 4.16. The molecule has 0 aromatic heterocycles. The molecule has 0 radical (unpaired) electrons. The van der Waals surface area contributed by atoms with Gasteiger partial charge in [-0.1, -0.05) is 12.1 Å². The summed E-state index contributed by atoms with van der Waals surface area (Å²) in [6.45, 7) is 0. The van der Waals surface area contributed by atoms with E-state index >= 15 is 0 Å². The van der Waals surface area contributed by atoms with Crippen LogP contribution in [0.1, 0.15) is 11.6 Å². The van der Waals surface area contributed by atoms with Gasteiger partial charge in [0.25, 0.3) is 0 Å². The van der Waals surface area contributed by atoms with Crippen molar-refractivity contribution in [2.75, 3.05) is 21.3 Å². The van der Waals surface area contributed by atoms with Gasteiger partial charge in [-0.2, -0.15) is 0 Å². The van der Waals surface area contributed by atoms with Gasteiger partial charge >= 0.3 is 7.60 Å². The largest absolute Gasteiger partial charge is 0.497 e. The maximum absolute atomic E-state index is 12.0. The number of rotatable bonds is 5. The van der Waals surface area contributed by atoms with E-state index in [-0.39, 0.29) is 6.04 Å². The first kappa shape index (κ1) is 12.3. The van der Waals surface area contributed by atoms with E-state index in [0.717, 1.165) is 11.3 Å². The number of benzene rings is 1. The van der Waals surface area contributed by atoms with Crippen LogP contribution in [-0.2, 0) is 13.6 Å². The Hall–Kier alpha value is -1.16. The van der Waals surface area contributed by atoms with Gasteiger partial charge in [0.05, 0.1) is 7.11 Å². The fraction of sp³-hybridized carbons (Fsp3) is 0.364. The Morgan fingerprint density at radius 2 is 1.71 bits per heavy atom. The number of ether oxygens (including phenoxy) is 1. The van der Waals surface area contributed by atoms with Crippen LogP contribution in [0.4, 0.5) is 0 Å². The monoisotopic (exact) mass is 255 g/mol. The Bertz CT molecular complexity index is 475. The average Bonchev–Trinajstić information content (AvgIpc) is 3.19. The molecule has 6 heteroatoms. The predicted molar refractivity (Wildman–Crippen MR) is 64.8 cm³/mol. The summed E-state index contributed by atoms with van der Waals surface area (Å²) in [6.07, 6.45) is 0. The molecule has 1 aromatic rings. The van der Waals surface area contributed by atoms with E-state index in [0.29, 0.717) is 5.45 Å². The minimum Gasteiger partial charge on any atom is -0.497 e. The molecule has 1 aliphatic rings. The van der Waals surface area contributed by atoms with Crippen molar-refractivity contribution in [1.82, 2.24) is 0 Å². The Morgan fingerprint density at radius 3 is 2.18 bits per heavy atom. The van der Waals surface area contributed by atoms with Crippen LogP contribution in [0.15, 0.2) is 29.3 Å². The second kappa shape index (κ2) is 4.61. The standard InChI is InChI=1S/C11H14NO4P/c1-14-9-6-4-8(5-7-9)10-11(12-10)17(13,15-2)16-3/h4-7,10H,1-3H3/t10-/m1/s1. The maximum Gasteiger partial charge on any atom is 0.377 e. The van der Waals surface area contributed by atoms with E-state index in [2.05, 4.69) is 4.99 Å². The minimum absolute atomic E-state index is 0.188. The SMILES string of the molecule is COc1ccc([C@H]2N=C2P(=O)(OC)OC)cc1. The lowest BCUT2D eigenvalue weighted by molar-refractivity contribution is 0.290. The Morgan fingerprint density at radius 1 is 1.12 bits per heavy atom. The highest BCUT2D eigenvalue weighted by molar-refractivity contribution is 7.73. The lowest BCUT2D eigenvalue weighted by atomic mass is 10.1. The van der Waals surface area contributed by atoms with E-state index < -0.39 is 7.60 Å². The smallest absolute Gasteiger partial charge is 0.377 e. The van der Waals surface area contributed by atoms with Crippen molar-refractivity contribution in [3.05, 3.63) is 29.8 Å². The van der Waals surface area contributed by atoms with Gasteiger partial charge in [0.1, 0.15) is 11.8 Å². The highest BCUT2D eigenvalue weighted by Gasteiger charge is 2.45. The zero-order valence-corrected chi connectivity index (χ0v) is 10.8. The lowest BCUT2D eigenvalue weighted by Gasteiger charge is -2.09. The second-order valence-corrected chi connectivity index (χ2v) is 5.71. The highest BCUT2D eigenvalue weighted by atomic mass is 31.2. The van der Waals surface area contributed by atoms with Crippen LogP contribution in [0, 0.1) is 0 Å². The Labute approximate surface area is 99.9 Å². The van der Waals surface area contributed by atoms with Crippen LogP contribution in [0.2, 0.25) is 0 Å². The first-order valence-electron chi connectivity index (χ1n) is 5.08. The molecule has 0 N–H and O–H groups in total. The van der Waals surface area contributed by atoms with Crippen LogP contribution in [0.5, 0.6) is 5.75 Å². The number of hydrogen-bond acceptors (Lipinski definition) is 5. The van der Waals surface area contributed by atoms with Crippen molar-refractivity contribution in [3.63, 3.8) is 0 Å². The third kappa shape index (κ3) is 2.27. The van der Waals surface area contributed by atoms with E-state index in [4.69, 9.17) is 13.8 Å². The number of methoxy groups -OCH3 is 1. The molecule has 92 valence electrons. The first-order valence-corrected chi connectivity index (χ1v) is 6.62. The van der Waals surface area contributed by atoms with Crippen molar-refractivity contribution in [2.45, 2.75) is 6.04 Å². The molecule has 1 aromatic carbocycles. The van der Waals surface area contributed by atoms with Crippen molar-refractivity contribution < 1.29 is 18.3 Å². The third-order valence-electron chi connectivity index (χ3n) is 2.63. The van der Waals surface area contributed by atoms with Gasteiger partial charge in [0.2, 0.25) is 0 Å². The Balaban J connectivity index is 2.11. The summed E-state index contributed by atoms with van der Waals surface area (Å²) in [7, 11) is 1.16. The van der Waals surface area contributed by atoms with Crippen molar-refractivity contribution in [1.29, 1.82) is 0 Å². The quantitative estimate of drug-likeness (QED) is 0.759. The summed E-state index contributed by atoms with van der Waals surface area (Å²) in [5.74, 6) is 0.776. The van der Waals surface area contributed by atoms with E-state index in [1.165, 1.54) is 14.2 Å². The minimum atomic E-state index is -3.16. The molecule has 1 aliphatic heterocycles. The van der Waals surface area contributed by atoms with Gasteiger partial charge in [-0.15, -0.1) is 0 Å². The molecule has 1 heterocycles. The molecule has 0 bridgehead atoms. The number of aliphatic imine (C=N–C) groups is 1. The molecule has 0 spiro atoms. The van der Waals surface area contributed by atoms with Gasteiger partial charge in [0, 0.05) is 14.2 Å². The highest BCUT2D eigenvalue weighted by Crippen LogP contribution is 2.59. The molecular weight excluding hydrogens is 241 g/mol. The van der Waals surface area contributed by atoms with Crippen LogP contribution >= 0.6 is 7.60 Å². The van der Waals surface area contributed by atoms with Gasteiger partial charge in [0.15, 0.2) is 5.45 Å². The van der Waals surface area contributed by atoms with Crippen LogP contribution in [0.3, 0.4) is 0 Å². The average molecular weight is 255 g/mol. The third-order valence-corrected chi connectivity index (χ3v) is 4.51. The zero-order chi connectivity index (χ0) is 12.5. The van der Waals surface area contributed by atoms with Crippen LogP contribution in [-0.4, -0.2) is 26.8 Å². The number of hydrogen-bond donors (Lipinski definition) is 0. The fourth-order valence-corrected chi connectivity index (χ4v) is 2.82. The molecule has 0 aliphatic carbocycles. The normalized spacial score (nSPS) is 18.8. The molecule has 0 saturated carbocycles. The van der Waals surface area contributed by atoms with Gasteiger partial charge in [-0.05, 0) is 17.7 Å². The fourth-order valence-electron chi connectivity index (χ4n) is 1.59. The van der Waals surface area contributed by atoms with E-state index in [1.807, 2.05) is 24.3 Å². The van der Waals surface area contributed by atoms with Crippen molar-refractivity contribution in [3.8, 4) is 5.75 Å². The molecule has 2 rings (SSSR count). The second-order valence-electron chi connectivity index (χ2n) is 3.53. The molecule has 5 nitrogen and oxygen atoms in total. The summed E-state index contributed by atoms with van der Waals surface area (Å²) < 4.78 is 26.9. The maximum atomic E-state index is 12.0. The molecule has 17 heavy (non-hydrogen) atoms. The van der Waals surface area contributed by atoms with Crippen molar-refractivity contribution in [2.24, 2.45) is 4.99 Å². The molecule has 1 atom stereocenters. The summed E-state index contributed by atoms with van der Waals surface area (Å²) in [5, 5.41) is 0. The molecule has 0 amide bonds. The summed E-state index contributed by atoms with van der Waals surface area (Å²) in [6, 6.07) is 7.26. The Kier molecular flexibility index (Phi) is 3.33. The van der Waals surface area contributed by atoms with E-state index in [9.17, 15) is 4.57 Å². The molecule has 0 saturated heterocycles. The number of nitrogens with zero attached hydrogens (tertiary/aromatic N) is 1. The zero-order valence-electron chi connectivity index (χ0n) is 9.91. The molecular formula is C11H14NO4P. The van der Waals surface area contributed by atoms with Crippen molar-refractivity contribution >= 4 is 13.0 Å². The van der Waals surface area contributed by atoms with Crippen LogP contribution < -0.4 is 4.74 Å². The van der Waals surface area contributed by atoms with Gasteiger partial charge in [-0.3, -0.25) is 9.56 Å². The topological polar surface area (TPSA) is 57.1 Å². The van der Waals surface area contributed by atoms with Gasteiger partial charge in [-0.25, -0.2) is 0 Å². The lowest BCUT2D eigenvalue weighted by Crippen LogP contribution is -1.97. The van der Waals surface area contributed by atoms with Crippen LogP contribution in [0.25, 0.3) is 0 Å². The summed E-state index contributed by atoms with van der Waals surface area (Å²) in [5.41, 5.74) is 1.43. The summed E-state index contributed by atoms with van der Waals surface area (Å²) >= 11 is 0. The first-order chi connectivity index (χ1) is 8.14. The molecule has 0 fully saturated rings. The van der Waals surface area contributed by atoms with Gasteiger partial charge < -0.3 is 13.8 Å². The predicted octanol–water partition coefficient (Wildman–Crippen LogP) is 2.63. The molecule has 0 unspecified atom stereocenters. The van der Waals surface area contributed by atoms with E-state index in [1.54, 1.807) is 7.11 Å².